The first-order valence-electron chi connectivity index (χ1n) is 6.99. The van der Waals surface area contributed by atoms with Gasteiger partial charge in [-0.1, -0.05) is 74.0 Å². The Balaban J connectivity index is 2.59. The number of rotatable bonds is 5. The van der Waals surface area contributed by atoms with E-state index in [-0.39, 0.29) is 5.97 Å². The third kappa shape index (κ3) is 2.99. The summed E-state index contributed by atoms with van der Waals surface area (Å²) in [6.07, 6.45) is 0.989. The van der Waals surface area contributed by atoms with Crippen LogP contribution in [-0.2, 0) is 9.22 Å². The van der Waals surface area contributed by atoms with Crippen molar-refractivity contribution in [3.05, 3.63) is 60.7 Å². The van der Waals surface area contributed by atoms with Gasteiger partial charge >= 0.3 is 8.32 Å². The lowest BCUT2D eigenvalue weighted by molar-refractivity contribution is -0.132. The van der Waals surface area contributed by atoms with Gasteiger partial charge in [0.2, 0.25) is 0 Å². The Morgan fingerprint density at radius 2 is 1.40 bits per heavy atom. The van der Waals surface area contributed by atoms with Crippen LogP contribution < -0.4 is 10.4 Å². The normalized spacial score (nSPS) is 11.1. The second-order valence-corrected chi connectivity index (χ2v) is 8.42. The molecule has 0 saturated heterocycles. The predicted molar refractivity (Wildman–Crippen MR) is 84.8 cm³/mol. The van der Waals surface area contributed by atoms with Crippen LogP contribution in [0.5, 0.6) is 0 Å². The van der Waals surface area contributed by atoms with Gasteiger partial charge in [0.05, 0.1) is 0 Å². The van der Waals surface area contributed by atoms with Crippen molar-refractivity contribution in [3.8, 4) is 0 Å². The maximum Gasteiger partial charge on any atom is 0.318 e. The fourth-order valence-corrected chi connectivity index (χ4v) is 6.54. The Bertz CT molecular complexity index is 512. The van der Waals surface area contributed by atoms with Gasteiger partial charge in [0.15, 0.2) is 0 Å². The van der Waals surface area contributed by atoms with Crippen LogP contribution in [0.4, 0.5) is 0 Å². The molecule has 0 aromatic heterocycles. The Morgan fingerprint density at radius 1 is 0.950 bits per heavy atom. The smallest absolute Gasteiger partial charge is 0.318 e. The largest absolute Gasteiger partial charge is 0.510 e. The van der Waals surface area contributed by atoms with Gasteiger partial charge in [0, 0.05) is 6.92 Å². The number of carbonyl (C=O) groups is 1. The summed E-state index contributed by atoms with van der Waals surface area (Å²) in [7, 11) is -2.46. The minimum atomic E-state index is -2.46. The molecule has 104 valence electrons. The van der Waals surface area contributed by atoms with Crippen molar-refractivity contribution in [3.63, 3.8) is 0 Å². The van der Waals surface area contributed by atoms with Gasteiger partial charge in [-0.3, -0.25) is 4.79 Å². The molecule has 0 aliphatic heterocycles. The predicted octanol–water partition coefficient (Wildman–Crippen LogP) is 2.72. The summed E-state index contributed by atoms with van der Waals surface area (Å²) in [6.45, 7) is 3.64. The Kier molecular flexibility index (Phi) is 4.74. The molecule has 2 aromatic carbocycles. The molecular formula is C17H20O2Si. The van der Waals surface area contributed by atoms with E-state index in [1.807, 2.05) is 36.4 Å². The molecule has 0 aliphatic rings. The molecule has 0 amide bonds. The lowest BCUT2D eigenvalue weighted by atomic mass is 10.4. The zero-order valence-electron chi connectivity index (χ0n) is 12.0. The van der Waals surface area contributed by atoms with E-state index in [9.17, 15) is 4.79 Å². The highest BCUT2D eigenvalue weighted by molar-refractivity contribution is 6.98. The van der Waals surface area contributed by atoms with Crippen LogP contribution in [0.1, 0.15) is 20.3 Å². The van der Waals surface area contributed by atoms with Crippen molar-refractivity contribution in [2.75, 3.05) is 0 Å². The monoisotopic (exact) mass is 284 g/mol. The van der Waals surface area contributed by atoms with Crippen molar-refractivity contribution in [2.24, 2.45) is 0 Å². The molecule has 2 rings (SSSR count). The zero-order chi connectivity index (χ0) is 14.4. The van der Waals surface area contributed by atoms with Gasteiger partial charge in [-0.05, 0) is 16.4 Å². The summed E-state index contributed by atoms with van der Waals surface area (Å²) in [5.41, 5.74) is 0. The standard InChI is InChI=1S/C17H20O2Si/c1-3-14-20(19-15(2)18,16-10-6-4-7-11-16)17-12-8-5-9-13-17/h4-13H,3,14H2,1-2H3. The molecule has 20 heavy (non-hydrogen) atoms. The van der Waals surface area contributed by atoms with Crippen LogP contribution in [0.25, 0.3) is 0 Å². The number of benzene rings is 2. The molecule has 0 bridgehead atoms. The minimum absolute atomic E-state index is 0.196. The number of carbonyl (C=O) groups excluding carboxylic acids is 1. The van der Waals surface area contributed by atoms with Gasteiger partial charge in [-0.2, -0.15) is 0 Å². The minimum Gasteiger partial charge on any atom is -0.510 e. The Labute approximate surface area is 121 Å². The van der Waals surface area contributed by atoms with Crippen molar-refractivity contribution in [1.82, 2.24) is 0 Å². The van der Waals surface area contributed by atoms with Crippen LogP contribution in [0, 0.1) is 0 Å². The molecular weight excluding hydrogens is 264 g/mol. The van der Waals surface area contributed by atoms with E-state index in [4.69, 9.17) is 4.43 Å². The quantitative estimate of drug-likeness (QED) is 0.789. The maximum atomic E-state index is 11.7. The van der Waals surface area contributed by atoms with Gasteiger partial charge in [0.1, 0.15) is 0 Å². The van der Waals surface area contributed by atoms with Crippen molar-refractivity contribution in [2.45, 2.75) is 26.3 Å². The maximum absolute atomic E-state index is 11.7. The lowest BCUT2D eigenvalue weighted by Gasteiger charge is -2.31. The van der Waals surface area contributed by atoms with E-state index in [0.717, 1.165) is 22.8 Å². The van der Waals surface area contributed by atoms with Gasteiger partial charge in [0.25, 0.3) is 5.97 Å². The first kappa shape index (κ1) is 14.5. The van der Waals surface area contributed by atoms with Crippen molar-refractivity contribution in [1.29, 1.82) is 0 Å². The van der Waals surface area contributed by atoms with Crippen LogP contribution in [-0.4, -0.2) is 14.3 Å². The molecule has 0 N–H and O–H groups in total. The van der Waals surface area contributed by atoms with E-state index in [0.29, 0.717) is 0 Å². The highest BCUT2D eigenvalue weighted by Crippen LogP contribution is 2.16. The Morgan fingerprint density at radius 3 is 1.75 bits per heavy atom. The molecule has 3 heteroatoms. The number of hydrogen-bond donors (Lipinski definition) is 0. The average Bonchev–Trinajstić information content (AvgIpc) is 2.48. The SMILES string of the molecule is CCC[Si](OC(C)=O)(c1ccccc1)c1ccccc1. The second-order valence-electron chi connectivity index (χ2n) is 4.90. The van der Waals surface area contributed by atoms with Gasteiger partial charge < -0.3 is 4.43 Å². The molecule has 2 aromatic rings. The summed E-state index contributed by atoms with van der Waals surface area (Å²) in [4.78, 5) is 11.7. The van der Waals surface area contributed by atoms with Crippen molar-refractivity contribution < 1.29 is 9.22 Å². The van der Waals surface area contributed by atoms with Gasteiger partial charge in [-0.15, -0.1) is 0 Å². The fraction of sp³-hybridized carbons (Fsp3) is 0.235. The topological polar surface area (TPSA) is 26.3 Å². The molecule has 2 nitrogen and oxygen atoms in total. The van der Waals surface area contributed by atoms with E-state index in [1.54, 1.807) is 0 Å². The van der Waals surface area contributed by atoms with Crippen LogP contribution in [0.2, 0.25) is 6.04 Å². The number of hydrogen-bond acceptors (Lipinski definition) is 2. The Hall–Kier alpha value is -1.87. The second kappa shape index (κ2) is 6.53. The van der Waals surface area contributed by atoms with E-state index >= 15 is 0 Å². The summed E-state index contributed by atoms with van der Waals surface area (Å²) in [6, 6.07) is 21.3. The first-order chi connectivity index (χ1) is 9.69. The van der Waals surface area contributed by atoms with Crippen LogP contribution in [0.3, 0.4) is 0 Å². The molecule has 0 aliphatic carbocycles. The van der Waals surface area contributed by atoms with Crippen molar-refractivity contribution >= 4 is 24.7 Å². The highest BCUT2D eigenvalue weighted by Gasteiger charge is 2.41. The summed E-state index contributed by atoms with van der Waals surface area (Å²) in [5, 5.41) is 2.31. The zero-order valence-corrected chi connectivity index (χ0v) is 13.0. The molecule has 0 saturated carbocycles. The third-order valence-electron chi connectivity index (χ3n) is 3.40. The first-order valence-corrected chi connectivity index (χ1v) is 9.11. The average molecular weight is 284 g/mol. The molecule has 0 spiro atoms. The molecule has 0 unspecified atom stereocenters. The molecule has 0 fully saturated rings. The summed E-state index contributed by atoms with van der Waals surface area (Å²) >= 11 is 0. The molecule has 0 atom stereocenters. The lowest BCUT2D eigenvalue weighted by Crippen LogP contribution is -2.61. The summed E-state index contributed by atoms with van der Waals surface area (Å²) in [5.74, 6) is -0.196. The van der Waals surface area contributed by atoms with E-state index < -0.39 is 8.32 Å². The fourth-order valence-electron chi connectivity index (χ4n) is 2.64. The molecule has 0 heterocycles. The van der Waals surface area contributed by atoms with E-state index in [2.05, 4.69) is 31.2 Å². The highest BCUT2D eigenvalue weighted by atomic mass is 28.4. The summed E-state index contributed by atoms with van der Waals surface area (Å²) < 4.78 is 5.95. The van der Waals surface area contributed by atoms with Gasteiger partial charge in [-0.25, -0.2) is 0 Å². The third-order valence-corrected chi connectivity index (χ3v) is 7.77. The molecule has 0 radical (unpaired) electrons. The van der Waals surface area contributed by atoms with Crippen LogP contribution in [0.15, 0.2) is 60.7 Å². The van der Waals surface area contributed by atoms with Crippen LogP contribution >= 0.6 is 0 Å². The van der Waals surface area contributed by atoms with E-state index in [1.165, 1.54) is 6.92 Å².